The molecule has 0 unspecified atom stereocenters. The summed E-state index contributed by atoms with van der Waals surface area (Å²) < 4.78 is 6.55. The third-order valence-corrected chi connectivity index (χ3v) is 3.80. The van der Waals surface area contributed by atoms with E-state index in [4.69, 9.17) is 4.74 Å². The largest absolute Gasteiger partial charge is 0.489 e. The molecule has 0 bridgehead atoms. The third kappa shape index (κ3) is 4.43. The Hall–Kier alpha value is -2.66. The monoisotopic (exact) mass is 382 g/mol. The summed E-state index contributed by atoms with van der Waals surface area (Å²) in [6.45, 7) is 0.459. The van der Waals surface area contributed by atoms with Gasteiger partial charge < -0.3 is 10.1 Å². The van der Waals surface area contributed by atoms with Crippen LogP contribution in [0.5, 0.6) is 5.75 Å². The Morgan fingerprint density at radius 3 is 2.42 bits per heavy atom. The summed E-state index contributed by atoms with van der Waals surface area (Å²) in [5.74, 6) is 1.14. The standard InChI is InChI=1S/C19H15BrN2O2/c20-16-10-11-18(21-12-16)22-19(23)15-8-6-14(7-9-15)13-24-17-4-2-1-3-5-17/h1-12H,13H2,(H,21,22,23). The molecule has 5 heteroatoms. The molecule has 1 N–H and O–H groups in total. The van der Waals surface area contributed by atoms with Crippen molar-refractivity contribution < 1.29 is 9.53 Å². The van der Waals surface area contributed by atoms with E-state index >= 15 is 0 Å². The van der Waals surface area contributed by atoms with Gasteiger partial charge in [-0.1, -0.05) is 30.3 Å². The molecule has 0 atom stereocenters. The highest BCUT2D eigenvalue weighted by Crippen LogP contribution is 2.14. The normalized spacial score (nSPS) is 10.2. The Labute approximate surface area is 148 Å². The van der Waals surface area contributed by atoms with Crippen LogP contribution >= 0.6 is 15.9 Å². The van der Waals surface area contributed by atoms with Crippen LogP contribution in [0, 0.1) is 0 Å². The van der Waals surface area contributed by atoms with E-state index in [0.717, 1.165) is 15.8 Å². The summed E-state index contributed by atoms with van der Waals surface area (Å²) in [5, 5.41) is 2.76. The molecule has 0 aliphatic heterocycles. The van der Waals surface area contributed by atoms with Crippen LogP contribution in [0.1, 0.15) is 15.9 Å². The number of rotatable bonds is 5. The smallest absolute Gasteiger partial charge is 0.256 e. The average molecular weight is 383 g/mol. The zero-order chi connectivity index (χ0) is 16.8. The van der Waals surface area contributed by atoms with Gasteiger partial charge in [-0.05, 0) is 57.9 Å². The molecule has 3 aromatic rings. The number of ether oxygens (including phenoxy) is 1. The van der Waals surface area contributed by atoms with Crippen LogP contribution in [0.25, 0.3) is 0 Å². The van der Waals surface area contributed by atoms with E-state index in [9.17, 15) is 4.79 Å². The van der Waals surface area contributed by atoms with Crippen LogP contribution in [-0.2, 0) is 6.61 Å². The number of nitrogens with zero attached hydrogens (tertiary/aromatic N) is 1. The molecule has 0 saturated heterocycles. The van der Waals surface area contributed by atoms with Crippen molar-refractivity contribution in [1.29, 1.82) is 0 Å². The fourth-order valence-electron chi connectivity index (χ4n) is 2.07. The van der Waals surface area contributed by atoms with Gasteiger partial charge >= 0.3 is 0 Å². The number of carbonyl (C=O) groups excluding carboxylic acids is 1. The second kappa shape index (κ2) is 7.75. The number of hydrogen-bond donors (Lipinski definition) is 1. The van der Waals surface area contributed by atoms with Gasteiger partial charge in [0.05, 0.1) is 0 Å². The van der Waals surface area contributed by atoms with Gasteiger partial charge in [0.2, 0.25) is 0 Å². The molecule has 120 valence electrons. The predicted octanol–water partition coefficient (Wildman–Crippen LogP) is 4.68. The molecular formula is C19H15BrN2O2. The number of halogens is 1. The lowest BCUT2D eigenvalue weighted by Gasteiger charge is -2.07. The van der Waals surface area contributed by atoms with E-state index in [1.165, 1.54) is 0 Å². The lowest BCUT2D eigenvalue weighted by Crippen LogP contribution is -2.12. The Kier molecular flexibility index (Phi) is 5.23. The van der Waals surface area contributed by atoms with Crippen LogP contribution in [-0.4, -0.2) is 10.9 Å². The molecule has 1 heterocycles. The Morgan fingerprint density at radius 2 is 1.75 bits per heavy atom. The second-order valence-corrected chi connectivity index (χ2v) is 6.03. The van der Waals surface area contributed by atoms with Crippen LogP contribution in [0.4, 0.5) is 5.82 Å². The van der Waals surface area contributed by atoms with E-state index in [1.807, 2.05) is 48.5 Å². The van der Waals surface area contributed by atoms with Crippen LogP contribution in [0.3, 0.4) is 0 Å². The maximum Gasteiger partial charge on any atom is 0.256 e. The predicted molar refractivity (Wildman–Crippen MR) is 97.1 cm³/mol. The van der Waals surface area contributed by atoms with Gasteiger partial charge in [0.1, 0.15) is 18.2 Å². The van der Waals surface area contributed by atoms with Crippen LogP contribution < -0.4 is 10.1 Å². The highest BCUT2D eigenvalue weighted by molar-refractivity contribution is 9.10. The number of para-hydroxylation sites is 1. The molecule has 0 spiro atoms. The Morgan fingerprint density at radius 1 is 1.00 bits per heavy atom. The Bertz CT molecular complexity index is 803. The molecule has 0 aliphatic carbocycles. The highest BCUT2D eigenvalue weighted by atomic mass is 79.9. The van der Waals surface area contributed by atoms with Crippen molar-refractivity contribution in [2.24, 2.45) is 0 Å². The van der Waals surface area contributed by atoms with Gasteiger partial charge in [0.15, 0.2) is 0 Å². The molecule has 2 aromatic carbocycles. The molecule has 4 nitrogen and oxygen atoms in total. The van der Waals surface area contributed by atoms with Crippen molar-refractivity contribution in [1.82, 2.24) is 4.98 Å². The first-order valence-corrected chi connectivity index (χ1v) is 8.20. The zero-order valence-corrected chi connectivity index (χ0v) is 14.4. The number of amides is 1. The van der Waals surface area contributed by atoms with Crippen LogP contribution in [0.15, 0.2) is 77.4 Å². The summed E-state index contributed by atoms with van der Waals surface area (Å²) in [5.41, 5.74) is 1.57. The van der Waals surface area contributed by atoms with Gasteiger partial charge in [-0.2, -0.15) is 0 Å². The molecule has 24 heavy (non-hydrogen) atoms. The van der Waals surface area contributed by atoms with E-state index < -0.39 is 0 Å². The van der Waals surface area contributed by atoms with Gasteiger partial charge in [0, 0.05) is 16.2 Å². The van der Waals surface area contributed by atoms with Crippen LogP contribution in [0.2, 0.25) is 0 Å². The third-order valence-electron chi connectivity index (χ3n) is 3.33. The number of benzene rings is 2. The maximum absolute atomic E-state index is 12.2. The summed E-state index contributed by atoms with van der Waals surface area (Å²) >= 11 is 3.31. The molecule has 1 aromatic heterocycles. The van der Waals surface area contributed by atoms with Crippen molar-refractivity contribution in [2.45, 2.75) is 6.61 Å². The van der Waals surface area contributed by atoms with Crippen molar-refractivity contribution in [3.8, 4) is 5.75 Å². The molecule has 1 amide bonds. The lowest BCUT2D eigenvalue weighted by molar-refractivity contribution is 0.102. The summed E-state index contributed by atoms with van der Waals surface area (Å²) in [6.07, 6.45) is 1.64. The van der Waals surface area contributed by atoms with E-state index in [1.54, 1.807) is 24.4 Å². The van der Waals surface area contributed by atoms with Crippen molar-refractivity contribution in [3.63, 3.8) is 0 Å². The number of pyridine rings is 1. The molecule has 0 fully saturated rings. The minimum absolute atomic E-state index is 0.194. The molecule has 0 radical (unpaired) electrons. The quantitative estimate of drug-likeness (QED) is 0.696. The minimum atomic E-state index is -0.194. The van der Waals surface area contributed by atoms with Crippen molar-refractivity contribution in [3.05, 3.63) is 88.5 Å². The molecule has 0 aliphatic rings. The first kappa shape index (κ1) is 16.2. The van der Waals surface area contributed by atoms with E-state index in [-0.39, 0.29) is 5.91 Å². The second-order valence-electron chi connectivity index (χ2n) is 5.11. The van der Waals surface area contributed by atoms with Gasteiger partial charge in [-0.15, -0.1) is 0 Å². The molecule has 0 saturated carbocycles. The van der Waals surface area contributed by atoms with Gasteiger partial charge in [-0.25, -0.2) is 4.98 Å². The fourth-order valence-corrected chi connectivity index (χ4v) is 2.31. The summed E-state index contributed by atoms with van der Waals surface area (Å²) in [6, 6.07) is 20.5. The summed E-state index contributed by atoms with van der Waals surface area (Å²) in [7, 11) is 0. The first-order valence-electron chi connectivity index (χ1n) is 7.40. The number of anilines is 1. The average Bonchev–Trinajstić information content (AvgIpc) is 2.63. The maximum atomic E-state index is 12.2. The van der Waals surface area contributed by atoms with Gasteiger partial charge in [0.25, 0.3) is 5.91 Å². The van der Waals surface area contributed by atoms with E-state index in [2.05, 4.69) is 26.2 Å². The first-order chi connectivity index (χ1) is 11.7. The van der Waals surface area contributed by atoms with Crippen molar-refractivity contribution >= 4 is 27.7 Å². The number of hydrogen-bond acceptors (Lipinski definition) is 3. The topological polar surface area (TPSA) is 51.2 Å². The van der Waals surface area contributed by atoms with Gasteiger partial charge in [-0.3, -0.25) is 4.79 Å². The number of carbonyl (C=O) groups is 1. The minimum Gasteiger partial charge on any atom is -0.489 e. The zero-order valence-electron chi connectivity index (χ0n) is 12.8. The fraction of sp³-hybridized carbons (Fsp3) is 0.0526. The highest BCUT2D eigenvalue weighted by Gasteiger charge is 2.07. The summed E-state index contributed by atoms with van der Waals surface area (Å²) in [4.78, 5) is 16.3. The van der Waals surface area contributed by atoms with E-state index in [0.29, 0.717) is 18.0 Å². The lowest BCUT2D eigenvalue weighted by atomic mass is 10.1. The Balaban J connectivity index is 1.59. The SMILES string of the molecule is O=C(Nc1ccc(Br)cn1)c1ccc(COc2ccccc2)cc1. The number of aromatic nitrogens is 1. The number of nitrogens with one attached hydrogen (secondary N) is 1. The van der Waals surface area contributed by atoms with Crippen molar-refractivity contribution in [2.75, 3.05) is 5.32 Å². The molecule has 3 rings (SSSR count). The molecular weight excluding hydrogens is 368 g/mol.